The fraction of sp³-hybridized carbons (Fsp3) is 0.400. The summed E-state index contributed by atoms with van der Waals surface area (Å²) in [7, 11) is 3.96. The molecule has 140 valence electrons. The molecule has 6 nitrogen and oxygen atoms in total. The Morgan fingerprint density at radius 2 is 1.96 bits per heavy atom. The normalized spacial score (nSPS) is 13.0. The molecule has 1 unspecified atom stereocenters. The van der Waals surface area contributed by atoms with E-state index >= 15 is 0 Å². The number of carbonyl (C=O) groups is 1. The van der Waals surface area contributed by atoms with Crippen molar-refractivity contribution in [2.45, 2.75) is 32.0 Å². The molecule has 2 rings (SSSR count). The van der Waals surface area contributed by atoms with Gasteiger partial charge in [-0.05, 0) is 36.6 Å². The zero-order valence-electron chi connectivity index (χ0n) is 15.5. The van der Waals surface area contributed by atoms with Crippen molar-refractivity contribution < 1.29 is 19.4 Å². The summed E-state index contributed by atoms with van der Waals surface area (Å²) in [6.45, 7) is 2.01. The number of carboxylic acids is 1. The minimum absolute atomic E-state index is 0.201. The van der Waals surface area contributed by atoms with Crippen molar-refractivity contribution in [3.63, 3.8) is 0 Å². The zero-order valence-corrected chi connectivity index (χ0v) is 15.5. The fourth-order valence-corrected chi connectivity index (χ4v) is 2.69. The Labute approximate surface area is 154 Å². The molecule has 1 N–H and O–H groups in total. The number of benzene rings is 1. The van der Waals surface area contributed by atoms with Gasteiger partial charge in [-0.15, -0.1) is 0 Å². The smallest absolute Gasteiger partial charge is 0.377 e. The van der Waals surface area contributed by atoms with Gasteiger partial charge in [0.1, 0.15) is 5.75 Å². The number of ether oxygens (including phenoxy) is 2. The first-order valence-electron chi connectivity index (χ1n) is 8.70. The number of pyridine rings is 1. The lowest BCUT2D eigenvalue weighted by Gasteiger charge is -2.29. The molecule has 0 radical (unpaired) electrons. The number of aliphatic carboxylic acids is 1. The van der Waals surface area contributed by atoms with Crippen LogP contribution in [0.4, 0.5) is 5.69 Å². The van der Waals surface area contributed by atoms with Crippen LogP contribution in [0.25, 0.3) is 0 Å². The molecular formula is C20H26N2O4. The van der Waals surface area contributed by atoms with E-state index in [0.29, 0.717) is 12.2 Å². The molecule has 26 heavy (non-hydrogen) atoms. The molecule has 1 atom stereocenters. The summed E-state index contributed by atoms with van der Waals surface area (Å²) < 4.78 is 11.4. The molecule has 0 saturated heterocycles. The first-order chi connectivity index (χ1) is 12.5. The van der Waals surface area contributed by atoms with Gasteiger partial charge in [0.25, 0.3) is 0 Å². The number of carboxylic acid groups (broad SMARTS) is 1. The van der Waals surface area contributed by atoms with E-state index in [0.717, 1.165) is 17.7 Å². The first kappa shape index (κ1) is 19.7. The lowest BCUT2D eigenvalue weighted by molar-refractivity contribution is -0.213. The highest BCUT2D eigenvalue weighted by Crippen LogP contribution is 2.24. The van der Waals surface area contributed by atoms with E-state index in [9.17, 15) is 9.90 Å². The van der Waals surface area contributed by atoms with Crippen molar-refractivity contribution in [1.29, 1.82) is 0 Å². The molecule has 1 heterocycles. The first-order valence-corrected chi connectivity index (χ1v) is 8.70. The number of anilines is 1. The van der Waals surface area contributed by atoms with Gasteiger partial charge < -0.3 is 19.5 Å². The molecule has 0 saturated carbocycles. The maximum absolute atomic E-state index is 11.8. The van der Waals surface area contributed by atoms with Gasteiger partial charge >= 0.3 is 11.8 Å². The Kier molecular flexibility index (Phi) is 6.97. The Bertz CT molecular complexity index is 706. The minimum atomic E-state index is -1.68. The highest BCUT2D eigenvalue weighted by Gasteiger charge is 2.40. The molecule has 6 heteroatoms. The molecule has 1 aromatic heterocycles. The van der Waals surface area contributed by atoms with E-state index in [1.54, 1.807) is 37.4 Å². The molecule has 0 aliphatic carbocycles. The van der Waals surface area contributed by atoms with E-state index < -0.39 is 11.8 Å². The monoisotopic (exact) mass is 358 g/mol. The lowest BCUT2D eigenvalue weighted by Crippen LogP contribution is -2.47. The van der Waals surface area contributed by atoms with Crippen molar-refractivity contribution in [3.8, 4) is 5.75 Å². The summed E-state index contributed by atoms with van der Waals surface area (Å²) in [4.78, 5) is 18.0. The summed E-state index contributed by atoms with van der Waals surface area (Å²) in [5.41, 5.74) is 2.20. The molecule has 0 bridgehead atoms. The number of aryl methyl sites for hydroxylation is 1. The van der Waals surface area contributed by atoms with Gasteiger partial charge in [0, 0.05) is 38.6 Å². The summed E-state index contributed by atoms with van der Waals surface area (Å²) in [5, 5.41) is 9.65. The second kappa shape index (κ2) is 9.20. The zero-order chi connectivity index (χ0) is 19.0. The lowest BCUT2D eigenvalue weighted by atomic mass is 10.1. The third-order valence-electron chi connectivity index (χ3n) is 4.10. The Morgan fingerprint density at radius 1 is 1.23 bits per heavy atom. The van der Waals surface area contributed by atoms with Crippen LogP contribution < -0.4 is 9.64 Å². The SMILES string of the molecule is CCC(OCCCc1cnccc1N(C)C)(Oc1ccccc1)C(=O)O. The van der Waals surface area contributed by atoms with Crippen molar-refractivity contribution in [2.24, 2.45) is 0 Å². The van der Waals surface area contributed by atoms with Crippen LogP contribution in [-0.2, 0) is 16.0 Å². The van der Waals surface area contributed by atoms with Crippen molar-refractivity contribution in [1.82, 2.24) is 4.98 Å². The predicted molar refractivity (Wildman–Crippen MR) is 101 cm³/mol. The molecular weight excluding hydrogens is 332 g/mol. The summed E-state index contributed by atoms with van der Waals surface area (Å²) >= 11 is 0. The van der Waals surface area contributed by atoms with Gasteiger partial charge in [-0.25, -0.2) is 4.79 Å². The quantitative estimate of drug-likeness (QED) is 0.519. The van der Waals surface area contributed by atoms with Crippen LogP contribution >= 0.6 is 0 Å². The van der Waals surface area contributed by atoms with E-state index in [4.69, 9.17) is 9.47 Å². The number of hydrogen-bond donors (Lipinski definition) is 1. The van der Waals surface area contributed by atoms with Crippen LogP contribution in [0.2, 0.25) is 0 Å². The van der Waals surface area contributed by atoms with E-state index in [2.05, 4.69) is 4.98 Å². The van der Waals surface area contributed by atoms with Gasteiger partial charge in [0.2, 0.25) is 0 Å². The van der Waals surface area contributed by atoms with Gasteiger partial charge in [-0.2, -0.15) is 0 Å². The number of para-hydroxylation sites is 1. The minimum Gasteiger partial charge on any atom is -0.476 e. The predicted octanol–water partition coefficient (Wildman–Crippen LogP) is 3.37. The molecule has 0 fully saturated rings. The molecule has 1 aromatic carbocycles. The second-order valence-electron chi connectivity index (χ2n) is 6.18. The third kappa shape index (κ3) is 4.95. The van der Waals surface area contributed by atoms with E-state index in [1.807, 2.05) is 37.3 Å². The topological polar surface area (TPSA) is 71.9 Å². The summed E-state index contributed by atoms with van der Waals surface area (Å²) in [6.07, 6.45) is 5.20. The van der Waals surface area contributed by atoms with Crippen LogP contribution in [-0.4, -0.2) is 42.5 Å². The Hall–Kier alpha value is -2.60. The van der Waals surface area contributed by atoms with Crippen molar-refractivity contribution in [3.05, 3.63) is 54.4 Å². The number of nitrogens with zero attached hydrogens (tertiary/aromatic N) is 2. The summed E-state index contributed by atoms with van der Waals surface area (Å²) in [6, 6.07) is 10.8. The van der Waals surface area contributed by atoms with Crippen molar-refractivity contribution >= 4 is 11.7 Å². The fourth-order valence-electron chi connectivity index (χ4n) is 2.69. The van der Waals surface area contributed by atoms with E-state index in [1.165, 1.54) is 0 Å². The average Bonchev–Trinajstić information content (AvgIpc) is 2.65. The van der Waals surface area contributed by atoms with Crippen LogP contribution in [0.15, 0.2) is 48.8 Å². The van der Waals surface area contributed by atoms with Crippen LogP contribution in [0.1, 0.15) is 25.3 Å². The molecule has 2 aromatic rings. The highest BCUT2D eigenvalue weighted by molar-refractivity contribution is 5.76. The standard InChI is InChI=1S/C20H26N2O4/c1-4-20(19(23)24,26-17-10-6-5-7-11-17)25-14-8-9-16-15-21-13-12-18(16)22(2)3/h5-7,10-13,15H,4,8-9,14H2,1-3H3,(H,23,24). The van der Waals surface area contributed by atoms with Gasteiger partial charge in [-0.1, -0.05) is 25.1 Å². The largest absolute Gasteiger partial charge is 0.476 e. The van der Waals surface area contributed by atoms with Crippen LogP contribution in [0, 0.1) is 0 Å². The Morgan fingerprint density at radius 3 is 2.58 bits per heavy atom. The van der Waals surface area contributed by atoms with Gasteiger partial charge in [0.15, 0.2) is 0 Å². The third-order valence-corrected chi connectivity index (χ3v) is 4.10. The molecule has 0 aliphatic heterocycles. The average molecular weight is 358 g/mol. The van der Waals surface area contributed by atoms with E-state index in [-0.39, 0.29) is 13.0 Å². The molecule has 0 spiro atoms. The van der Waals surface area contributed by atoms with Gasteiger partial charge in [-0.3, -0.25) is 4.98 Å². The Balaban J connectivity index is 1.99. The summed E-state index contributed by atoms with van der Waals surface area (Å²) in [5.74, 6) is -2.33. The molecule has 0 amide bonds. The van der Waals surface area contributed by atoms with Crippen LogP contribution in [0.5, 0.6) is 5.75 Å². The second-order valence-corrected chi connectivity index (χ2v) is 6.18. The number of hydrogen-bond acceptors (Lipinski definition) is 5. The highest BCUT2D eigenvalue weighted by atomic mass is 16.7. The maximum atomic E-state index is 11.8. The molecule has 0 aliphatic rings. The van der Waals surface area contributed by atoms with Crippen molar-refractivity contribution in [2.75, 3.05) is 25.6 Å². The number of rotatable bonds is 10. The van der Waals surface area contributed by atoms with Crippen LogP contribution in [0.3, 0.4) is 0 Å². The maximum Gasteiger partial charge on any atom is 0.377 e. The van der Waals surface area contributed by atoms with Gasteiger partial charge in [0.05, 0.1) is 6.61 Å². The number of aromatic nitrogens is 1.